The highest BCUT2D eigenvalue weighted by atomic mass is 19.4. The number of alkyl halides is 8. The molecular weight excluding hydrogens is 1160 g/mol. The second-order valence-corrected chi connectivity index (χ2v) is 23.8. The first-order valence-corrected chi connectivity index (χ1v) is 27.1. The predicted octanol–water partition coefficient (Wildman–Crippen LogP) is 6.88. The summed E-state index contributed by atoms with van der Waals surface area (Å²) >= 11 is 0. The van der Waals surface area contributed by atoms with Crippen LogP contribution in [0.15, 0.2) is 67.1 Å². The number of nitrogens with one attached hydrogen (secondary N) is 4. The van der Waals surface area contributed by atoms with Gasteiger partial charge in [-0.2, -0.15) is 40.2 Å². The van der Waals surface area contributed by atoms with E-state index in [2.05, 4.69) is 55.4 Å². The molecule has 4 amide bonds. The van der Waals surface area contributed by atoms with E-state index in [0.29, 0.717) is 62.0 Å². The van der Waals surface area contributed by atoms with E-state index >= 15 is 8.78 Å². The van der Waals surface area contributed by atoms with Crippen molar-refractivity contribution in [2.75, 3.05) is 65.1 Å². The summed E-state index contributed by atoms with van der Waals surface area (Å²) in [5.41, 5.74) is -4.57. The summed E-state index contributed by atoms with van der Waals surface area (Å²) in [4.78, 5) is 62.7. The number of rotatable bonds is 19. The van der Waals surface area contributed by atoms with E-state index < -0.39 is 115 Å². The van der Waals surface area contributed by atoms with Crippen LogP contribution in [0.2, 0.25) is 0 Å². The predicted molar refractivity (Wildman–Crippen MR) is 287 cm³/mol. The minimum atomic E-state index is -5.24. The summed E-state index contributed by atoms with van der Waals surface area (Å²) in [7, 11) is 1.61. The van der Waals surface area contributed by atoms with Crippen molar-refractivity contribution < 1.29 is 87.1 Å². The van der Waals surface area contributed by atoms with Gasteiger partial charge in [-0.25, -0.2) is 33.0 Å². The number of pyridine rings is 1. The van der Waals surface area contributed by atoms with E-state index in [9.17, 15) is 59.4 Å². The van der Waals surface area contributed by atoms with Crippen molar-refractivity contribution in [1.82, 2.24) is 46.0 Å². The molecule has 0 saturated carbocycles. The molecule has 0 radical (unpaired) electrons. The first kappa shape index (κ1) is 64.7. The molecule has 2 bridgehead atoms. The maximum Gasteiger partial charge on any atom is 0.407 e. The fraction of sp³-hybridized carbons (Fsp3) is 0.544. The van der Waals surface area contributed by atoms with E-state index in [1.807, 2.05) is 22.9 Å². The third kappa shape index (κ3) is 14.1. The van der Waals surface area contributed by atoms with Crippen LogP contribution in [-0.2, 0) is 41.5 Å². The fourth-order valence-corrected chi connectivity index (χ4v) is 11.0. The smallest absolute Gasteiger partial charge is 0.407 e. The van der Waals surface area contributed by atoms with Crippen LogP contribution in [0.5, 0.6) is 0 Å². The van der Waals surface area contributed by atoms with E-state index in [1.54, 1.807) is 23.6 Å². The van der Waals surface area contributed by atoms with Crippen LogP contribution >= 0.6 is 0 Å². The van der Waals surface area contributed by atoms with Gasteiger partial charge >= 0.3 is 31.1 Å². The monoisotopic (exact) mass is 1220 g/mol. The van der Waals surface area contributed by atoms with E-state index in [0.717, 1.165) is 71.8 Å². The molecule has 8 rings (SSSR count). The number of hydrazine groups is 1. The summed E-state index contributed by atoms with van der Waals surface area (Å²) in [5, 5.41) is 22.0. The van der Waals surface area contributed by atoms with Gasteiger partial charge in [-0.1, -0.05) is 37.8 Å². The molecule has 2 aromatic carbocycles. The average Bonchev–Trinajstić information content (AvgIpc) is 1.55. The maximum absolute atomic E-state index is 16.1. The Morgan fingerprint density at radius 1 is 0.767 bits per heavy atom. The van der Waals surface area contributed by atoms with Crippen LogP contribution in [-0.4, -0.2) is 169 Å². The molecule has 4 fully saturated rings. The highest BCUT2D eigenvalue weighted by Gasteiger charge is 2.66. The molecule has 0 aliphatic carbocycles. The molecule has 2 aromatic heterocycles. The van der Waals surface area contributed by atoms with E-state index in [-0.39, 0.29) is 44.4 Å². The summed E-state index contributed by atoms with van der Waals surface area (Å²) < 4.78 is 167. The maximum atomic E-state index is 16.1. The second kappa shape index (κ2) is 24.8. The highest BCUT2D eigenvalue weighted by molar-refractivity contribution is 5.87. The Bertz CT molecular complexity index is 3140. The molecule has 0 spiro atoms. The van der Waals surface area contributed by atoms with E-state index in [4.69, 9.17) is 14.5 Å². The van der Waals surface area contributed by atoms with Crippen molar-refractivity contribution in [3.63, 3.8) is 0 Å². The number of alkyl carbamates (subject to hydrolysis) is 2. The van der Waals surface area contributed by atoms with Gasteiger partial charge in [0.15, 0.2) is 0 Å². The van der Waals surface area contributed by atoms with Crippen molar-refractivity contribution >= 4 is 29.8 Å². The van der Waals surface area contributed by atoms with Gasteiger partial charge in [0.05, 0.1) is 74.9 Å². The van der Waals surface area contributed by atoms with Crippen molar-refractivity contribution in [3.05, 3.63) is 101 Å². The number of halogens is 10. The Kier molecular flexibility index (Phi) is 18.7. The number of ether oxygens (including phenoxy) is 4. The molecule has 4 aliphatic rings. The number of carbonyl (C=O) groups excluding carboxylic acids is 4. The Labute approximate surface area is 488 Å². The van der Waals surface area contributed by atoms with Crippen molar-refractivity contribution in [3.8, 4) is 23.0 Å². The zero-order valence-corrected chi connectivity index (χ0v) is 48.0. The van der Waals surface area contributed by atoms with E-state index in [1.165, 1.54) is 12.1 Å². The number of nitrogens with zero attached hydrogens (tertiary/aromatic N) is 6. The number of benzene rings is 2. The quantitative estimate of drug-likeness (QED) is 0.0280. The zero-order chi connectivity index (χ0) is 63.1. The standard InChI is InChI=1S/C57H66F10N10O9/c1-52(2,56(62,63)64)43(71-50(81)83-7)47(79)70-40(17-32-12-9-31(10-13-32)11-14-33-15-16-42(68-20-33)75-29-54(5)27-74(36-25-85-26-36)28-55(6,30-75)46-45(54)86-46)41(78)24-76(73-48(80)44(72-51(82)84-8)53(3,4)57(65,66)67)23-37-38(58)18-34(19-39(37)59)35-21-69-77(22-35)49(60)61/h9-10,12-13,15-16,18-22,36,40-41,43-46,49,78H,17,23-30H2,1-8H3,(H,70,79)(H,71,81)(H,72,82)(H,73,80)/t40-,41-,43+,44+,45?,46?,54?,55?/m0/s1. The van der Waals surface area contributed by atoms with Gasteiger partial charge in [0.25, 0.3) is 5.91 Å². The van der Waals surface area contributed by atoms with Crippen LogP contribution in [0.1, 0.15) is 70.3 Å². The minimum Gasteiger partial charge on any atom is -0.453 e. The molecule has 468 valence electrons. The number of likely N-dealkylation sites (tertiary alicyclic amines) is 1. The fourth-order valence-electron chi connectivity index (χ4n) is 11.0. The molecule has 4 aromatic rings. The number of epoxide rings is 1. The normalized spacial score (nSPS) is 22.2. The van der Waals surface area contributed by atoms with Crippen LogP contribution in [0.3, 0.4) is 0 Å². The largest absolute Gasteiger partial charge is 0.453 e. The molecule has 86 heavy (non-hydrogen) atoms. The van der Waals surface area contributed by atoms with Gasteiger partial charge in [0.2, 0.25) is 5.91 Å². The average molecular weight is 1230 g/mol. The van der Waals surface area contributed by atoms with Crippen LogP contribution in [0.25, 0.3) is 11.1 Å². The molecule has 19 nitrogen and oxygen atoms in total. The summed E-state index contributed by atoms with van der Waals surface area (Å²) in [6.45, 7) is 6.00. The lowest BCUT2D eigenvalue weighted by Gasteiger charge is -2.48. The second-order valence-electron chi connectivity index (χ2n) is 23.8. The van der Waals surface area contributed by atoms with Gasteiger partial charge in [0, 0.05) is 84.7 Å². The van der Waals surface area contributed by atoms with Crippen LogP contribution in [0.4, 0.5) is 59.3 Å². The highest BCUT2D eigenvalue weighted by Crippen LogP contribution is 2.55. The van der Waals surface area contributed by atoms with Gasteiger partial charge in [-0.05, 0) is 81.6 Å². The Morgan fingerprint density at radius 2 is 1.30 bits per heavy atom. The van der Waals surface area contributed by atoms with Crippen molar-refractivity contribution in [1.29, 1.82) is 0 Å². The Balaban J connectivity index is 1.07. The van der Waals surface area contributed by atoms with Crippen molar-refractivity contribution in [2.24, 2.45) is 21.7 Å². The molecule has 5 N–H and O–H groups in total. The summed E-state index contributed by atoms with van der Waals surface area (Å²) in [5.74, 6) is 0.818. The van der Waals surface area contributed by atoms with Crippen LogP contribution in [0, 0.1) is 45.1 Å². The number of methoxy groups -OCH3 is 2. The van der Waals surface area contributed by atoms with Crippen LogP contribution < -0.4 is 26.3 Å². The molecular formula is C57H66F10N10O9. The number of carbonyl (C=O) groups is 4. The number of aliphatic hydroxyl groups is 1. The SMILES string of the molecule is COC(=O)N[C@H](C(=O)N[C@@H](Cc1ccc(C#Cc2ccc(N3CC4(C)CN(C5COC5)CC(C)(C3)C3OC34)nc2)cc1)[C@@H](O)CN(Cc1c(F)cc(-c2cnn(C(F)F)c2)cc1F)NC(=O)[C@@H](NC(=O)OC)C(C)(C)C(F)(F)F)C(C)(C)C(F)(F)F. The van der Waals surface area contributed by atoms with Gasteiger partial charge < -0.3 is 44.9 Å². The first-order valence-electron chi connectivity index (χ1n) is 27.1. The topological polar surface area (TPSA) is 217 Å². The van der Waals surface area contributed by atoms with Gasteiger partial charge in [-0.3, -0.25) is 19.9 Å². The molecule has 6 heterocycles. The minimum absolute atomic E-state index is 0.132. The third-order valence-corrected chi connectivity index (χ3v) is 16.5. The molecule has 4 aliphatic heterocycles. The Morgan fingerprint density at radius 3 is 1.78 bits per heavy atom. The summed E-state index contributed by atoms with van der Waals surface area (Å²) in [6, 6.07) is 4.76. The van der Waals surface area contributed by atoms with Crippen molar-refractivity contribution in [2.45, 2.75) is 116 Å². The van der Waals surface area contributed by atoms with Gasteiger partial charge in [0.1, 0.15) is 29.5 Å². The Hall–Kier alpha value is -7.26. The number of anilines is 1. The lowest BCUT2D eigenvalue weighted by molar-refractivity contribution is -0.221. The number of aromatic nitrogens is 3. The number of aliphatic hydroxyl groups excluding tert-OH is 1. The molecule has 8 atom stereocenters. The zero-order valence-electron chi connectivity index (χ0n) is 48.0. The lowest BCUT2D eigenvalue weighted by atomic mass is 9.81. The molecule has 29 heteroatoms. The lowest BCUT2D eigenvalue weighted by Crippen LogP contribution is -2.63. The van der Waals surface area contributed by atoms with Gasteiger partial charge in [-0.15, -0.1) is 0 Å². The summed E-state index contributed by atoms with van der Waals surface area (Å²) in [6.07, 6.45) is -12.5. The third-order valence-electron chi connectivity index (χ3n) is 16.5. The number of amides is 4. The molecule has 4 saturated heterocycles. The molecule has 4 unspecified atom stereocenters. The number of hydrogen-bond donors (Lipinski definition) is 5. The number of hydrogen-bond acceptors (Lipinski definition) is 14. The first-order chi connectivity index (χ1) is 40.2.